The summed E-state index contributed by atoms with van der Waals surface area (Å²) < 4.78 is 10.6. The molecule has 1 atom stereocenters. The minimum absolute atomic E-state index is 0.0417. The Balaban J connectivity index is 1.72. The average molecular weight is 388 g/mol. The highest BCUT2D eigenvalue weighted by molar-refractivity contribution is 6.31. The summed E-state index contributed by atoms with van der Waals surface area (Å²) in [5, 5.41) is 0.468. The number of carbonyl (C=O) groups is 3. The maximum Gasteiger partial charge on any atom is 0.316 e. The number of halogens is 1. The molecule has 0 bridgehead atoms. The van der Waals surface area contributed by atoms with E-state index in [1.807, 2.05) is 0 Å². The first kappa shape index (κ1) is 18.9. The summed E-state index contributed by atoms with van der Waals surface area (Å²) in [6, 6.07) is 11.3. The van der Waals surface area contributed by atoms with Crippen LogP contribution in [-0.2, 0) is 9.59 Å². The molecule has 0 radical (unpaired) electrons. The highest BCUT2D eigenvalue weighted by Gasteiger charge is 2.37. The zero-order valence-corrected chi connectivity index (χ0v) is 15.7. The topological polar surface area (TPSA) is 72.9 Å². The molecule has 6 nitrogen and oxygen atoms in total. The fourth-order valence-electron chi connectivity index (χ4n) is 2.93. The molecule has 7 heteroatoms. The lowest BCUT2D eigenvalue weighted by Gasteiger charge is -2.19. The van der Waals surface area contributed by atoms with Gasteiger partial charge in [-0.2, -0.15) is 0 Å². The van der Waals surface area contributed by atoms with Crippen molar-refractivity contribution in [3.05, 3.63) is 53.1 Å². The normalized spacial score (nSPS) is 16.3. The number of hydrogen-bond donors (Lipinski definition) is 0. The summed E-state index contributed by atoms with van der Waals surface area (Å²) in [6.07, 6.45) is 0.0417. The molecule has 3 rings (SSSR count). The van der Waals surface area contributed by atoms with Crippen molar-refractivity contribution in [2.45, 2.75) is 13.3 Å². The van der Waals surface area contributed by atoms with Gasteiger partial charge in [0.15, 0.2) is 5.78 Å². The number of hydrogen-bond acceptors (Lipinski definition) is 5. The minimum atomic E-state index is -0.603. The lowest BCUT2D eigenvalue weighted by atomic mass is 10.1. The maximum atomic E-state index is 12.5. The first-order chi connectivity index (χ1) is 12.9. The number of carbonyl (C=O) groups excluding carboxylic acids is 3. The standard InChI is InChI=1S/C20H18ClNO5/c1-12(23)13-3-6-16(7-4-13)27-20(25)14-9-19(24)22(11-14)17-10-15(21)5-8-18(17)26-2/h3-8,10,14H,9,11H2,1-2H3/t14-/m1/s1. The molecule has 1 fully saturated rings. The van der Waals surface area contributed by atoms with Crippen molar-refractivity contribution in [1.29, 1.82) is 0 Å². The van der Waals surface area contributed by atoms with E-state index >= 15 is 0 Å². The molecule has 0 aromatic heterocycles. The predicted octanol–water partition coefficient (Wildman–Crippen LogP) is 3.51. The molecule has 0 saturated carbocycles. The lowest BCUT2D eigenvalue weighted by Crippen LogP contribution is -2.27. The number of ketones is 1. The summed E-state index contributed by atoms with van der Waals surface area (Å²) in [5.74, 6) is -0.543. The molecule has 1 aliphatic rings. The Morgan fingerprint density at radius 3 is 2.48 bits per heavy atom. The number of Topliss-reactive ketones (excluding diaryl/α,β-unsaturated/α-hetero) is 1. The lowest BCUT2D eigenvalue weighted by molar-refractivity contribution is -0.139. The van der Waals surface area contributed by atoms with E-state index in [2.05, 4.69) is 0 Å². The van der Waals surface area contributed by atoms with Gasteiger partial charge >= 0.3 is 5.97 Å². The van der Waals surface area contributed by atoms with Crippen LogP contribution in [0.3, 0.4) is 0 Å². The fourth-order valence-corrected chi connectivity index (χ4v) is 3.10. The van der Waals surface area contributed by atoms with E-state index in [0.29, 0.717) is 27.8 Å². The van der Waals surface area contributed by atoms with Gasteiger partial charge < -0.3 is 14.4 Å². The molecule has 27 heavy (non-hydrogen) atoms. The molecule has 0 N–H and O–H groups in total. The third-order valence-corrected chi connectivity index (χ3v) is 4.60. The van der Waals surface area contributed by atoms with Crippen LogP contribution in [0.15, 0.2) is 42.5 Å². The molecule has 2 aromatic rings. The Morgan fingerprint density at radius 1 is 1.15 bits per heavy atom. The van der Waals surface area contributed by atoms with Crippen LogP contribution in [0.4, 0.5) is 5.69 Å². The van der Waals surface area contributed by atoms with Crippen LogP contribution in [0.1, 0.15) is 23.7 Å². The van der Waals surface area contributed by atoms with Crippen molar-refractivity contribution in [2.24, 2.45) is 5.92 Å². The average Bonchev–Trinajstić information content (AvgIpc) is 3.04. The van der Waals surface area contributed by atoms with Gasteiger partial charge in [0.05, 0.1) is 18.7 Å². The summed E-state index contributed by atoms with van der Waals surface area (Å²) in [7, 11) is 1.50. The van der Waals surface area contributed by atoms with Gasteiger partial charge in [-0.25, -0.2) is 0 Å². The first-order valence-electron chi connectivity index (χ1n) is 8.35. The second kappa shape index (κ2) is 7.80. The molecule has 0 spiro atoms. The highest BCUT2D eigenvalue weighted by Crippen LogP contribution is 2.35. The second-order valence-electron chi connectivity index (χ2n) is 6.22. The molecule has 1 heterocycles. The van der Waals surface area contributed by atoms with Crippen LogP contribution in [-0.4, -0.2) is 31.3 Å². The van der Waals surface area contributed by atoms with E-state index in [1.54, 1.807) is 42.5 Å². The summed E-state index contributed by atoms with van der Waals surface area (Å²) in [6.45, 7) is 1.64. The smallest absolute Gasteiger partial charge is 0.316 e. The van der Waals surface area contributed by atoms with Crippen molar-refractivity contribution < 1.29 is 23.9 Å². The van der Waals surface area contributed by atoms with E-state index in [4.69, 9.17) is 21.1 Å². The van der Waals surface area contributed by atoms with Crippen LogP contribution in [0.25, 0.3) is 0 Å². The van der Waals surface area contributed by atoms with Crippen LogP contribution in [0, 0.1) is 5.92 Å². The number of rotatable bonds is 5. The molecule has 1 aliphatic heterocycles. The van der Waals surface area contributed by atoms with Crippen LogP contribution >= 0.6 is 11.6 Å². The van der Waals surface area contributed by atoms with Crippen LogP contribution in [0.5, 0.6) is 11.5 Å². The molecular weight excluding hydrogens is 370 g/mol. The van der Waals surface area contributed by atoms with Gasteiger partial charge in [0.1, 0.15) is 11.5 Å². The third kappa shape index (κ3) is 4.11. The first-order valence-corrected chi connectivity index (χ1v) is 8.73. The molecule has 0 unspecified atom stereocenters. The Hall–Kier alpha value is -2.86. The number of amides is 1. The van der Waals surface area contributed by atoms with Crippen molar-refractivity contribution in [1.82, 2.24) is 0 Å². The number of nitrogens with zero attached hydrogens (tertiary/aromatic N) is 1. The molecule has 140 valence electrons. The van der Waals surface area contributed by atoms with E-state index in [-0.39, 0.29) is 24.7 Å². The summed E-state index contributed by atoms with van der Waals surface area (Å²) in [5.41, 5.74) is 1.06. The van der Waals surface area contributed by atoms with E-state index in [1.165, 1.54) is 18.9 Å². The number of methoxy groups -OCH3 is 1. The van der Waals surface area contributed by atoms with Gasteiger partial charge in [-0.15, -0.1) is 0 Å². The van der Waals surface area contributed by atoms with Crippen molar-refractivity contribution in [3.8, 4) is 11.5 Å². The Kier molecular flexibility index (Phi) is 5.46. The number of esters is 1. The molecular formula is C20H18ClNO5. The number of ether oxygens (including phenoxy) is 2. The van der Waals surface area contributed by atoms with Crippen LogP contribution < -0.4 is 14.4 Å². The van der Waals surface area contributed by atoms with Crippen molar-refractivity contribution in [2.75, 3.05) is 18.6 Å². The van der Waals surface area contributed by atoms with Crippen molar-refractivity contribution in [3.63, 3.8) is 0 Å². The van der Waals surface area contributed by atoms with Gasteiger partial charge in [0.2, 0.25) is 5.91 Å². The monoisotopic (exact) mass is 387 g/mol. The molecule has 0 aliphatic carbocycles. The van der Waals surface area contributed by atoms with E-state index < -0.39 is 11.9 Å². The Labute approximate surface area is 161 Å². The number of benzene rings is 2. The zero-order chi connectivity index (χ0) is 19.6. The van der Waals surface area contributed by atoms with Crippen LogP contribution in [0.2, 0.25) is 5.02 Å². The predicted molar refractivity (Wildman–Crippen MR) is 101 cm³/mol. The number of anilines is 1. The highest BCUT2D eigenvalue weighted by atomic mass is 35.5. The maximum absolute atomic E-state index is 12.5. The van der Waals surface area contributed by atoms with E-state index in [0.717, 1.165) is 0 Å². The molecule has 1 saturated heterocycles. The Morgan fingerprint density at radius 2 is 1.85 bits per heavy atom. The van der Waals surface area contributed by atoms with Gasteiger partial charge in [-0.3, -0.25) is 14.4 Å². The molecule has 2 aromatic carbocycles. The van der Waals surface area contributed by atoms with Gasteiger partial charge in [0, 0.05) is 23.6 Å². The second-order valence-corrected chi connectivity index (χ2v) is 6.66. The van der Waals surface area contributed by atoms with E-state index in [9.17, 15) is 14.4 Å². The Bertz CT molecular complexity index is 894. The zero-order valence-electron chi connectivity index (χ0n) is 14.9. The quantitative estimate of drug-likeness (QED) is 0.446. The van der Waals surface area contributed by atoms with Gasteiger partial charge in [-0.1, -0.05) is 11.6 Å². The SMILES string of the molecule is COc1ccc(Cl)cc1N1C[C@H](C(=O)Oc2ccc(C(C)=O)cc2)CC1=O. The summed E-state index contributed by atoms with van der Waals surface area (Å²) in [4.78, 5) is 37.7. The fraction of sp³-hybridized carbons (Fsp3) is 0.250. The third-order valence-electron chi connectivity index (χ3n) is 4.37. The summed E-state index contributed by atoms with van der Waals surface area (Å²) >= 11 is 6.03. The van der Waals surface area contributed by atoms with Gasteiger partial charge in [-0.05, 0) is 49.4 Å². The largest absolute Gasteiger partial charge is 0.495 e. The molecule has 1 amide bonds. The van der Waals surface area contributed by atoms with Crippen molar-refractivity contribution >= 4 is 34.9 Å². The minimum Gasteiger partial charge on any atom is -0.495 e. The van der Waals surface area contributed by atoms with Gasteiger partial charge in [0.25, 0.3) is 0 Å².